The minimum Gasteiger partial charge on any atom is -0.484 e. The average Bonchev–Trinajstić information content (AvgIpc) is 2.44. The van der Waals surface area contributed by atoms with E-state index in [9.17, 15) is 9.18 Å². The maximum Gasteiger partial charge on any atom is 0.259 e. The van der Waals surface area contributed by atoms with Crippen LogP contribution in [0, 0.1) is 34.4 Å². The van der Waals surface area contributed by atoms with E-state index in [1.807, 2.05) is 19.9 Å². The van der Waals surface area contributed by atoms with Crippen molar-refractivity contribution in [2.75, 3.05) is 6.61 Å². The molecule has 1 aromatic carbocycles. The summed E-state index contributed by atoms with van der Waals surface area (Å²) in [4.78, 5) is 11.8. The van der Waals surface area contributed by atoms with Crippen LogP contribution in [0.15, 0.2) is 18.2 Å². The summed E-state index contributed by atoms with van der Waals surface area (Å²) in [5.74, 6) is -1.11. The predicted molar refractivity (Wildman–Crippen MR) is 73.6 cm³/mol. The number of rotatable bonds is 5. The molecule has 1 rings (SSSR count). The van der Waals surface area contributed by atoms with Crippen molar-refractivity contribution < 1.29 is 13.9 Å². The second-order valence-electron chi connectivity index (χ2n) is 5.06. The highest BCUT2D eigenvalue weighted by molar-refractivity contribution is 5.78. The molecular weight excluding hydrogens is 273 g/mol. The van der Waals surface area contributed by atoms with Gasteiger partial charge >= 0.3 is 0 Å². The van der Waals surface area contributed by atoms with Crippen molar-refractivity contribution in [3.8, 4) is 17.9 Å². The lowest BCUT2D eigenvalue weighted by atomic mass is 9.90. The first-order valence-electron chi connectivity index (χ1n) is 6.37. The largest absolute Gasteiger partial charge is 0.484 e. The highest BCUT2D eigenvalue weighted by Gasteiger charge is 2.29. The van der Waals surface area contributed by atoms with Gasteiger partial charge in [0.1, 0.15) is 23.2 Å². The number of amides is 1. The van der Waals surface area contributed by atoms with E-state index in [-0.39, 0.29) is 23.8 Å². The van der Waals surface area contributed by atoms with Crippen LogP contribution < -0.4 is 10.1 Å². The highest BCUT2D eigenvalue weighted by atomic mass is 19.1. The van der Waals surface area contributed by atoms with Crippen LogP contribution in [-0.4, -0.2) is 18.1 Å². The summed E-state index contributed by atoms with van der Waals surface area (Å²) in [5, 5.41) is 20.3. The highest BCUT2D eigenvalue weighted by Crippen LogP contribution is 2.17. The number of nitrogens with one attached hydrogen (secondary N) is 1. The Morgan fingerprint density at radius 2 is 2.14 bits per heavy atom. The minimum atomic E-state index is -0.990. The molecule has 6 heteroatoms. The zero-order chi connectivity index (χ0) is 16.0. The van der Waals surface area contributed by atoms with Crippen molar-refractivity contribution in [1.82, 2.24) is 5.32 Å². The number of nitriles is 2. The molecule has 5 nitrogen and oxygen atoms in total. The molecule has 1 N–H and O–H groups in total. The van der Waals surface area contributed by atoms with Crippen LogP contribution in [0.5, 0.6) is 5.75 Å². The molecule has 0 unspecified atom stereocenters. The molecular formula is C15H16FN3O2. The van der Waals surface area contributed by atoms with Gasteiger partial charge in [-0.05, 0) is 25.0 Å². The van der Waals surface area contributed by atoms with Crippen LogP contribution in [0.1, 0.15) is 26.3 Å². The third-order valence-electron chi connectivity index (χ3n) is 3.22. The normalized spacial score (nSPS) is 12.9. The van der Waals surface area contributed by atoms with Crippen LogP contribution in [0.25, 0.3) is 0 Å². The monoisotopic (exact) mass is 289 g/mol. The second-order valence-corrected chi connectivity index (χ2v) is 5.06. The lowest BCUT2D eigenvalue weighted by Crippen LogP contribution is -2.50. The van der Waals surface area contributed by atoms with Gasteiger partial charge < -0.3 is 10.1 Å². The molecule has 1 aromatic rings. The number of halogens is 1. The Balaban J connectivity index is 2.64. The second kappa shape index (κ2) is 6.71. The first kappa shape index (κ1) is 16.5. The van der Waals surface area contributed by atoms with Gasteiger partial charge in [0.05, 0.1) is 11.6 Å². The molecule has 1 amide bonds. The lowest BCUT2D eigenvalue weighted by molar-refractivity contribution is -0.124. The third-order valence-corrected chi connectivity index (χ3v) is 3.22. The Hall–Kier alpha value is -2.60. The number of nitrogens with zero attached hydrogens (tertiary/aromatic N) is 2. The quantitative estimate of drug-likeness (QED) is 0.899. The fraction of sp³-hybridized carbons (Fsp3) is 0.400. The molecule has 110 valence electrons. The van der Waals surface area contributed by atoms with Gasteiger partial charge in [0.2, 0.25) is 0 Å². The van der Waals surface area contributed by atoms with Gasteiger partial charge in [0.15, 0.2) is 6.61 Å². The fourth-order valence-corrected chi connectivity index (χ4v) is 1.45. The molecule has 0 radical (unpaired) electrons. The maximum atomic E-state index is 13.4. The summed E-state index contributed by atoms with van der Waals surface area (Å²) >= 11 is 0. The number of hydrogen-bond acceptors (Lipinski definition) is 4. The van der Waals surface area contributed by atoms with Gasteiger partial charge in [-0.25, -0.2) is 4.39 Å². The van der Waals surface area contributed by atoms with E-state index in [0.717, 1.165) is 6.07 Å². The van der Waals surface area contributed by atoms with Gasteiger partial charge in [0.25, 0.3) is 5.91 Å². The van der Waals surface area contributed by atoms with E-state index in [0.29, 0.717) is 0 Å². The van der Waals surface area contributed by atoms with Crippen molar-refractivity contribution >= 4 is 5.91 Å². The Morgan fingerprint density at radius 1 is 1.48 bits per heavy atom. The molecule has 0 heterocycles. The van der Waals surface area contributed by atoms with Crippen molar-refractivity contribution in [2.24, 2.45) is 5.92 Å². The van der Waals surface area contributed by atoms with Crippen molar-refractivity contribution in [3.05, 3.63) is 29.6 Å². The molecule has 21 heavy (non-hydrogen) atoms. The van der Waals surface area contributed by atoms with Crippen molar-refractivity contribution in [2.45, 2.75) is 26.3 Å². The Kier molecular flexibility index (Phi) is 5.26. The van der Waals surface area contributed by atoms with Crippen molar-refractivity contribution in [1.29, 1.82) is 10.5 Å². The van der Waals surface area contributed by atoms with Gasteiger partial charge in [-0.15, -0.1) is 0 Å². The molecule has 0 fully saturated rings. The molecule has 0 aliphatic heterocycles. The first-order valence-corrected chi connectivity index (χ1v) is 6.37. The molecule has 0 aromatic heterocycles. The van der Waals surface area contributed by atoms with E-state index in [1.165, 1.54) is 12.1 Å². The van der Waals surface area contributed by atoms with Crippen LogP contribution in [-0.2, 0) is 4.79 Å². The molecule has 0 aliphatic rings. The van der Waals surface area contributed by atoms with Crippen LogP contribution in [0.2, 0.25) is 0 Å². The smallest absolute Gasteiger partial charge is 0.259 e. The van der Waals surface area contributed by atoms with Crippen LogP contribution in [0.4, 0.5) is 4.39 Å². The van der Waals surface area contributed by atoms with Crippen molar-refractivity contribution in [3.63, 3.8) is 0 Å². The predicted octanol–water partition coefficient (Wildman–Crippen LogP) is 2.13. The Morgan fingerprint density at radius 3 is 2.62 bits per heavy atom. The van der Waals surface area contributed by atoms with E-state index in [1.54, 1.807) is 13.0 Å². The minimum absolute atomic E-state index is 0.0705. The summed E-state index contributed by atoms with van der Waals surface area (Å²) in [6.45, 7) is 4.92. The molecule has 0 spiro atoms. The fourth-order valence-electron chi connectivity index (χ4n) is 1.45. The third kappa shape index (κ3) is 4.19. The summed E-state index contributed by atoms with van der Waals surface area (Å²) in [5.41, 5.74) is -1.08. The topological polar surface area (TPSA) is 85.9 Å². The molecule has 0 saturated carbocycles. The van der Waals surface area contributed by atoms with Gasteiger partial charge in [-0.1, -0.05) is 13.8 Å². The summed E-state index contributed by atoms with van der Waals surface area (Å²) in [6.07, 6.45) is 0. The van der Waals surface area contributed by atoms with E-state index in [4.69, 9.17) is 15.3 Å². The number of benzene rings is 1. The molecule has 1 atom stereocenters. The van der Waals surface area contributed by atoms with Gasteiger partial charge in [-0.3, -0.25) is 4.79 Å². The maximum absolute atomic E-state index is 13.4. The Bertz CT molecular complexity index is 616. The van der Waals surface area contributed by atoms with Crippen LogP contribution >= 0.6 is 0 Å². The van der Waals surface area contributed by atoms with E-state index in [2.05, 4.69) is 5.32 Å². The lowest BCUT2D eigenvalue weighted by Gasteiger charge is -2.27. The SMILES string of the molecule is CC(C)[C@@](C)(C#N)NC(=O)COc1ccc(C#N)c(F)c1. The average molecular weight is 289 g/mol. The number of carbonyl (C=O) groups excluding carboxylic acids is 1. The van der Waals surface area contributed by atoms with Crippen LogP contribution in [0.3, 0.4) is 0 Å². The zero-order valence-electron chi connectivity index (χ0n) is 12.1. The van der Waals surface area contributed by atoms with E-state index >= 15 is 0 Å². The summed E-state index contributed by atoms with van der Waals surface area (Å²) < 4.78 is 18.5. The molecule has 0 saturated heterocycles. The first-order chi connectivity index (χ1) is 9.82. The number of hydrogen-bond donors (Lipinski definition) is 1. The molecule has 0 aliphatic carbocycles. The number of ether oxygens (including phenoxy) is 1. The Labute approximate surface area is 122 Å². The summed E-state index contributed by atoms with van der Waals surface area (Å²) in [6, 6.07) is 7.46. The number of carbonyl (C=O) groups is 1. The van der Waals surface area contributed by atoms with Gasteiger partial charge in [0, 0.05) is 6.07 Å². The summed E-state index contributed by atoms with van der Waals surface area (Å²) in [7, 11) is 0. The zero-order valence-corrected chi connectivity index (χ0v) is 12.1. The van der Waals surface area contributed by atoms with Gasteiger partial charge in [-0.2, -0.15) is 10.5 Å². The standard InChI is InChI=1S/C15H16FN3O2/c1-10(2)15(3,9-18)19-14(20)8-21-12-5-4-11(7-17)13(16)6-12/h4-6,10H,8H2,1-3H3,(H,19,20)/t15-/m1/s1. The molecule has 0 bridgehead atoms. The van der Waals surface area contributed by atoms with E-state index < -0.39 is 17.3 Å².